The number of hydrogen-bond acceptors (Lipinski definition) is 3. The molecule has 0 spiro atoms. The largest absolute Gasteiger partial charge is 0.467 e. The van der Waals surface area contributed by atoms with E-state index in [1.54, 1.807) is 17.2 Å². The van der Waals surface area contributed by atoms with Gasteiger partial charge < -0.3 is 14.3 Å². The minimum Gasteiger partial charge on any atom is -0.467 e. The number of rotatable bonds is 4. The fourth-order valence-electron chi connectivity index (χ4n) is 3.02. The number of amides is 1. The molecule has 5 heteroatoms. The number of furan rings is 1. The predicted octanol–water partition coefficient (Wildman–Crippen LogP) is 4.00. The molecule has 0 bridgehead atoms. The van der Waals surface area contributed by atoms with Gasteiger partial charge in [0.05, 0.1) is 24.9 Å². The van der Waals surface area contributed by atoms with E-state index in [4.69, 9.17) is 4.42 Å². The highest BCUT2D eigenvalue weighted by Gasteiger charge is 2.28. The summed E-state index contributed by atoms with van der Waals surface area (Å²) in [5, 5.41) is 0.959. The number of carbonyl (C=O) groups is 1. The van der Waals surface area contributed by atoms with Gasteiger partial charge in [-0.05, 0) is 36.1 Å². The Labute approximate surface area is 152 Å². The molecule has 0 saturated heterocycles. The first-order valence-corrected chi connectivity index (χ1v) is 8.69. The van der Waals surface area contributed by atoms with Crippen LogP contribution in [-0.2, 0) is 17.9 Å². The van der Waals surface area contributed by atoms with E-state index < -0.39 is 5.41 Å². The molecular weight excluding hydrogens is 328 g/mol. The molecular formula is C21H24N2O3. The monoisotopic (exact) mass is 352 g/mol. The van der Waals surface area contributed by atoms with E-state index >= 15 is 0 Å². The van der Waals surface area contributed by atoms with Crippen molar-refractivity contribution in [3.8, 4) is 0 Å². The van der Waals surface area contributed by atoms with Gasteiger partial charge in [-0.15, -0.1) is 0 Å². The van der Waals surface area contributed by atoms with E-state index in [1.165, 1.54) is 0 Å². The van der Waals surface area contributed by atoms with Gasteiger partial charge in [0.2, 0.25) is 5.91 Å². The summed E-state index contributed by atoms with van der Waals surface area (Å²) in [5.74, 6) is 0.660. The van der Waals surface area contributed by atoms with Crippen molar-refractivity contribution in [3.05, 3.63) is 69.9 Å². The van der Waals surface area contributed by atoms with Crippen LogP contribution < -0.4 is 5.56 Å². The normalized spacial score (nSPS) is 11.7. The Bertz CT molecular complexity index is 979. The van der Waals surface area contributed by atoms with Gasteiger partial charge in [-0.25, -0.2) is 0 Å². The Morgan fingerprint density at radius 2 is 1.92 bits per heavy atom. The Hall–Kier alpha value is -2.82. The van der Waals surface area contributed by atoms with E-state index in [1.807, 2.05) is 58.0 Å². The number of aryl methyl sites for hydroxylation is 1. The van der Waals surface area contributed by atoms with Crippen LogP contribution in [0.25, 0.3) is 10.9 Å². The molecule has 0 fully saturated rings. The summed E-state index contributed by atoms with van der Waals surface area (Å²) >= 11 is 0. The SMILES string of the molecule is Cc1cccc2cc(CN(Cc3ccco3)C(=O)C(C)(C)C)c(=O)[nH]c12. The van der Waals surface area contributed by atoms with E-state index in [-0.39, 0.29) is 18.0 Å². The lowest BCUT2D eigenvalue weighted by Crippen LogP contribution is -2.39. The van der Waals surface area contributed by atoms with Gasteiger partial charge in [0.25, 0.3) is 5.56 Å². The molecule has 26 heavy (non-hydrogen) atoms. The third kappa shape index (κ3) is 3.72. The Balaban J connectivity index is 1.98. The standard InChI is InChI=1S/C21H24N2O3/c1-14-7-5-8-15-11-16(19(24)22-18(14)15)12-23(20(25)21(2,3)4)13-17-9-6-10-26-17/h5-11H,12-13H2,1-4H3,(H,22,24). The molecule has 1 N–H and O–H groups in total. The third-order valence-corrected chi connectivity index (χ3v) is 4.38. The van der Waals surface area contributed by atoms with Crippen LogP contribution >= 0.6 is 0 Å². The molecule has 0 aliphatic heterocycles. The summed E-state index contributed by atoms with van der Waals surface area (Å²) in [6, 6.07) is 11.4. The van der Waals surface area contributed by atoms with Crippen LogP contribution in [0.15, 0.2) is 51.9 Å². The van der Waals surface area contributed by atoms with Crippen molar-refractivity contribution in [2.75, 3.05) is 0 Å². The summed E-state index contributed by atoms with van der Waals surface area (Å²) in [6.45, 7) is 8.14. The fourth-order valence-corrected chi connectivity index (χ4v) is 3.02. The van der Waals surface area contributed by atoms with Gasteiger partial charge in [0.15, 0.2) is 0 Å². The first kappa shape index (κ1) is 18.0. The molecule has 136 valence electrons. The molecule has 2 aromatic heterocycles. The predicted molar refractivity (Wildman–Crippen MR) is 102 cm³/mol. The maximum absolute atomic E-state index is 12.9. The Morgan fingerprint density at radius 1 is 1.15 bits per heavy atom. The minimum absolute atomic E-state index is 0.0300. The zero-order valence-corrected chi connectivity index (χ0v) is 15.6. The van der Waals surface area contributed by atoms with Crippen molar-refractivity contribution in [1.82, 2.24) is 9.88 Å². The summed E-state index contributed by atoms with van der Waals surface area (Å²) in [4.78, 5) is 30.1. The van der Waals surface area contributed by atoms with Crippen LogP contribution in [0.5, 0.6) is 0 Å². The lowest BCUT2D eigenvalue weighted by molar-refractivity contribution is -0.141. The van der Waals surface area contributed by atoms with Crippen LogP contribution in [-0.4, -0.2) is 15.8 Å². The van der Waals surface area contributed by atoms with E-state index in [2.05, 4.69) is 4.98 Å². The molecule has 0 unspecified atom stereocenters. The van der Waals surface area contributed by atoms with Gasteiger partial charge in [-0.3, -0.25) is 9.59 Å². The lowest BCUT2D eigenvalue weighted by atomic mass is 9.94. The molecule has 1 amide bonds. The maximum atomic E-state index is 12.9. The number of carbonyl (C=O) groups excluding carboxylic acids is 1. The quantitative estimate of drug-likeness (QED) is 0.772. The van der Waals surface area contributed by atoms with E-state index in [0.717, 1.165) is 16.5 Å². The van der Waals surface area contributed by atoms with Gasteiger partial charge in [-0.2, -0.15) is 0 Å². The number of aromatic amines is 1. The number of nitrogens with zero attached hydrogens (tertiary/aromatic N) is 1. The Kier molecular flexibility index (Phi) is 4.72. The van der Waals surface area contributed by atoms with Gasteiger partial charge in [0, 0.05) is 11.0 Å². The second kappa shape index (κ2) is 6.83. The molecule has 0 aliphatic rings. The third-order valence-electron chi connectivity index (χ3n) is 4.38. The fraction of sp³-hybridized carbons (Fsp3) is 0.333. The number of aromatic nitrogens is 1. The number of H-pyrrole nitrogens is 1. The summed E-state index contributed by atoms with van der Waals surface area (Å²) in [5.41, 5.74) is 1.70. The Morgan fingerprint density at radius 3 is 2.58 bits per heavy atom. The first-order chi connectivity index (χ1) is 12.3. The highest BCUT2D eigenvalue weighted by Crippen LogP contribution is 2.22. The van der Waals surface area contributed by atoms with Crippen molar-refractivity contribution in [2.45, 2.75) is 40.8 Å². The molecule has 3 aromatic rings. The number of hydrogen-bond donors (Lipinski definition) is 1. The van der Waals surface area contributed by atoms with Crippen molar-refractivity contribution < 1.29 is 9.21 Å². The number of nitrogens with one attached hydrogen (secondary N) is 1. The zero-order chi connectivity index (χ0) is 18.9. The summed E-state index contributed by atoms with van der Waals surface area (Å²) in [7, 11) is 0. The second-order valence-electron chi connectivity index (χ2n) is 7.65. The molecule has 0 aliphatic carbocycles. The summed E-state index contributed by atoms with van der Waals surface area (Å²) < 4.78 is 5.40. The van der Waals surface area contributed by atoms with Crippen LogP contribution in [0.2, 0.25) is 0 Å². The molecule has 5 nitrogen and oxygen atoms in total. The van der Waals surface area contributed by atoms with Crippen molar-refractivity contribution >= 4 is 16.8 Å². The number of benzene rings is 1. The number of para-hydroxylation sites is 1. The van der Waals surface area contributed by atoms with Crippen LogP contribution in [0.1, 0.15) is 37.7 Å². The molecule has 1 aromatic carbocycles. The average Bonchev–Trinajstić information content (AvgIpc) is 3.07. The number of pyridine rings is 1. The van der Waals surface area contributed by atoms with E-state index in [9.17, 15) is 9.59 Å². The first-order valence-electron chi connectivity index (χ1n) is 8.69. The topological polar surface area (TPSA) is 66.3 Å². The second-order valence-corrected chi connectivity index (χ2v) is 7.65. The van der Waals surface area contributed by atoms with Crippen LogP contribution in [0.4, 0.5) is 0 Å². The van der Waals surface area contributed by atoms with Crippen LogP contribution in [0.3, 0.4) is 0 Å². The van der Waals surface area contributed by atoms with Crippen molar-refractivity contribution in [3.63, 3.8) is 0 Å². The smallest absolute Gasteiger partial charge is 0.253 e. The van der Waals surface area contributed by atoms with Gasteiger partial charge >= 0.3 is 0 Å². The lowest BCUT2D eigenvalue weighted by Gasteiger charge is -2.29. The van der Waals surface area contributed by atoms with Crippen molar-refractivity contribution in [1.29, 1.82) is 0 Å². The molecule has 0 radical (unpaired) electrons. The van der Waals surface area contributed by atoms with Gasteiger partial charge in [0.1, 0.15) is 5.76 Å². The highest BCUT2D eigenvalue weighted by molar-refractivity contribution is 5.83. The maximum Gasteiger partial charge on any atom is 0.253 e. The molecule has 3 rings (SSSR count). The molecule has 0 atom stereocenters. The van der Waals surface area contributed by atoms with E-state index in [0.29, 0.717) is 17.9 Å². The minimum atomic E-state index is -0.549. The van der Waals surface area contributed by atoms with Gasteiger partial charge in [-0.1, -0.05) is 39.0 Å². The zero-order valence-electron chi connectivity index (χ0n) is 15.6. The molecule has 2 heterocycles. The molecule has 0 saturated carbocycles. The average molecular weight is 352 g/mol. The number of fused-ring (bicyclic) bond motifs is 1. The highest BCUT2D eigenvalue weighted by atomic mass is 16.3. The summed E-state index contributed by atoms with van der Waals surface area (Å²) in [6.07, 6.45) is 1.58. The van der Waals surface area contributed by atoms with Crippen LogP contribution in [0, 0.1) is 12.3 Å². The van der Waals surface area contributed by atoms with Crippen molar-refractivity contribution in [2.24, 2.45) is 5.41 Å².